The first kappa shape index (κ1) is 16.4. The summed E-state index contributed by atoms with van der Waals surface area (Å²) in [5.41, 5.74) is 4.58. The van der Waals surface area contributed by atoms with Crippen molar-refractivity contribution in [3.8, 4) is 0 Å². The number of nitrogens with two attached hydrogens (primary N) is 1. The van der Waals surface area contributed by atoms with Gasteiger partial charge < -0.3 is 10.5 Å². The van der Waals surface area contributed by atoms with Crippen LogP contribution in [0.4, 0.5) is 0 Å². The second-order valence-electron chi connectivity index (χ2n) is 5.04. The Kier molecular flexibility index (Phi) is 5.03. The zero-order valence-corrected chi connectivity index (χ0v) is 13.7. The van der Waals surface area contributed by atoms with Crippen LogP contribution >= 0.6 is 15.9 Å². The number of benzene rings is 1. The van der Waals surface area contributed by atoms with Gasteiger partial charge in [0.25, 0.3) is 0 Å². The number of hydrogen-bond donors (Lipinski definition) is 2. The van der Waals surface area contributed by atoms with E-state index in [0.717, 1.165) is 4.47 Å². The SMILES string of the molecule is NC(=O)C1(CNS(=O)(=O)c2ccc(Br)cc2)CCOCC1. The van der Waals surface area contributed by atoms with Gasteiger partial charge in [0.15, 0.2) is 0 Å². The summed E-state index contributed by atoms with van der Waals surface area (Å²) in [6, 6.07) is 6.28. The van der Waals surface area contributed by atoms with Gasteiger partial charge in [-0.1, -0.05) is 15.9 Å². The fraction of sp³-hybridized carbons (Fsp3) is 0.462. The first-order valence-electron chi connectivity index (χ1n) is 6.49. The lowest BCUT2D eigenvalue weighted by Gasteiger charge is -2.34. The van der Waals surface area contributed by atoms with Crippen LogP contribution in [0.15, 0.2) is 33.6 Å². The van der Waals surface area contributed by atoms with Crippen LogP contribution < -0.4 is 10.5 Å². The van der Waals surface area contributed by atoms with Crippen molar-refractivity contribution < 1.29 is 17.9 Å². The molecule has 1 amide bonds. The van der Waals surface area contributed by atoms with E-state index in [1.54, 1.807) is 12.1 Å². The molecule has 1 heterocycles. The molecule has 0 bridgehead atoms. The van der Waals surface area contributed by atoms with Crippen molar-refractivity contribution in [2.24, 2.45) is 11.1 Å². The van der Waals surface area contributed by atoms with Crippen LogP contribution in [0.1, 0.15) is 12.8 Å². The number of halogens is 1. The third kappa shape index (κ3) is 3.82. The minimum absolute atomic E-state index is 0.00983. The van der Waals surface area contributed by atoms with Crippen LogP contribution in [0, 0.1) is 5.41 Å². The Morgan fingerprint density at radius 3 is 2.38 bits per heavy atom. The highest BCUT2D eigenvalue weighted by Crippen LogP contribution is 2.30. The molecular weight excluding hydrogens is 360 g/mol. The predicted octanol–water partition coefficient (Wildman–Crippen LogP) is 1.01. The molecule has 3 N–H and O–H groups in total. The van der Waals surface area contributed by atoms with Gasteiger partial charge in [-0.3, -0.25) is 4.79 Å². The van der Waals surface area contributed by atoms with E-state index in [2.05, 4.69) is 20.7 Å². The van der Waals surface area contributed by atoms with Crippen molar-refractivity contribution in [1.82, 2.24) is 4.72 Å². The number of amides is 1. The van der Waals surface area contributed by atoms with Crippen LogP contribution in [0.2, 0.25) is 0 Å². The van der Waals surface area contributed by atoms with Gasteiger partial charge >= 0.3 is 0 Å². The molecule has 0 aromatic heterocycles. The number of primary amides is 1. The van der Waals surface area contributed by atoms with Crippen molar-refractivity contribution in [3.05, 3.63) is 28.7 Å². The summed E-state index contributed by atoms with van der Waals surface area (Å²) < 4.78 is 33.0. The lowest BCUT2D eigenvalue weighted by molar-refractivity contribution is -0.132. The maximum atomic E-state index is 12.2. The Bertz CT molecular complexity index is 610. The topological polar surface area (TPSA) is 98.5 Å². The lowest BCUT2D eigenvalue weighted by atomic mass is 9.80. The zero-order chi connectivity index (χ0) is 15.5. The Morgan fingerprint density at radius 2 is 1.86 bits per heavy atom. The van der Waals surface area contributed by atoms with Gasteiger partial charge in [-0.25, -0.2) is 13.1 Å². The Labute approximate surface area is 132 Å². The van der Waals surface area contributed by atoms with Crippen LogP contribution in [0.25, 0.3) is 0 Å². The summed E-state index contributed by atoms with van der Waals surface area (Å²) in [5.74, 6) is -0.496. The summed E-state index contributed by atoms with van der Waals surface area (Å²) >= 11 is 3.25. The summed E-state index contributed by atoms with van der Waals surface area (Å²) in [5, 5.41) is 0. The summed E-state index contributed by atoms with van der Waals surface area (Å²) in [6.07, 6.45) is 0.844. The van der Waals surface area contributed by atoms with Crippen LogP contribution in [-0.4, -0.2) is 34.1 Å². The fourth-order valence-corrected chi connectivity index (χ4v) is 3.59. The van der Waals surface area contributed by atoms with Gasteiger partial charge in [-0.05, 0) is 37.1 Å². The summed E-state index contributed by atoms with van der Waals surface area (Å²) in [6.45, 7) is 0.802. The highest BCUT2D eigenvalue weighted by molar-refractivity contribution is 9.10. The third-order valence-electron chi connectivity index (χ3n) is 3.70. The normalized spacial score (nSPS) is 18.3. The molecule has 0 unspecified atom stereocenters. The van der Waals surface area contributed by atoms with E-state index < -0.39 is 21.3 Å². The van der Waals surface area contributed by atoms with E-state index in [4.69, 9.17) is 10.5 Å². The molecule has 1 saturated heterocycles. The predicted molar refractivity (Wildman–Crippen MR) is 81.0 cm³/mol. The highest BCUT2D eigenvalue weighted by Gasteiger charge is 2.39. The minimum Gasteiger partial charge on any atom is -0.381 e. The third-order valence-corrected chi connectivity index (χ3v) is 5.64. The van der Waals surface area contributed by atoms with Crippen LogP contribution in [0.3, 0.4) is 0 Å². The first-order valence-corrected chi connectivity index (χ1v) is 8.76. The molecule has 8 heteroatoms. The Balaban J connectivity index is 2.13. The molecule has 0 aliphatic carbocycles. The quantitative estimate of drug-likeness (QED) is 0.800. The molecule has 0 radical (unpaired) electrons. The monoisotopic (exact) mass is 376 g/mol. The number of sulfonamides is 1. The van der Waals surface area contributed by atoms with E-state index in [1.807, 2.05) is 0 Å². The van der Waals surface area contributed by atoms with Gasteiger partial charge in [0.1, 0.15) is 0 Å². The molecule has 1 aromatic rings. The summed E-state index contributed by atoms with van der Waals surface area (Å²) in [4.78, 5) is 11.9. The molecule has 116 valence electrons. The number of carbonyl (C=O) groups is 1. The van der Waals surface area contributed by atoms with Crippen LogP contribution in [-0.2, 0) is 19.6 Å². The van der Waals surface area contributed by atoms with Gasteiger partial charge in [0.2, 0.25) is 15.9 Å². The Morgan fingerprint density at radius 1 is 1.29 bits per heavy atom. The average molecular weight is 377 g/mol. The maximum absolute atomic E-state index is 12.2. The van der Waals surface area contributed by atoms with Crippen LogP contribution in [0.5, 0.6) is 0 Å². The number of nitrogens with one attached hydrogen (secondary N) is 1. The number of carbonyl (C=O) groups excluding carboxylic acids is 1. The molecule has 2 rings (SSSR count). The average Bonchev–Trinajstić information content (AvgIpc) is 2.46. The number of ether oxygens (including phenoxy) is 1. The van der Waals surface area contributed by atoms with Crippen molar-refractivity contribution >= 4 is 31.9 Å². The van der Waals surface area contributed by atoms with Crippen molar-refractivity contribution in [1.29, 1.82) is 0 Å². The van der Waals surface area contributed by atoms with Crippen molar-refractivity contribution in [2.45, 2.75) is 17.7 Å². The first-order chi connectivity index (χ1) is 9.86. The van der Waals surface area contributed by atoms with Gasteiger partial charge in [0.05, 0.1) is 10.3 Å². The van der Waals surface area contributed by atoms with Gasteiger partial charge in [-0.15, -0.1) is 0 Å². The summed E-state index contributed by atoms with van der Waals surface area (Å²) in [7, 11) is -3.67. The molecule has 6 nitrogen and oxygen atoms in total. The highest BCUT2D eigenvalue weighted by atomic mass is 79.9. The molecular formula is C13H17BrN2O4S. The molecule has 1 fully saturated rings. The molecule has 0 spiro atoms. The fourth-order valence-electron chi connectivity index (χ4n) is 2.20. The zero-order valence-electron chi connectivity index (χ0n) is 11.3. The largest absolute Gasteiger partial charge is 0.381 e. The number of rotatable bonds is 5. The molecule has 21 heavy (non-hydrogen) atoms. The maximum Gasteiger partial charge on any atom is 0.240 e. The van der Waals surface area contributed by atoms with E-state index in [-0.39, 0.29) is 11.4 Å². The number of hydrogen-bond acceptors (Lipinski definition) is 4. The molecule has 1 aromatic carbocycles. The smallest absolute Gasteiger partial charge is 0.240 e. The standard InChI is InChI=1S/C13H17BrN2O4S/c14-10-1-3-11(4-2-10)21(18,19)16-9-13(12(15)17)5-7-20-8-6-13/h1-4,16H,5-9H2,(H2,15,17). The van der Waals surface area contributed by atoms with E-state index in [1.165, 1.54) is 12.1 Å². The Hall–Kier alpha value is -0.960. The molecule has 1 aliphatic heterocycles. The van der Waals surface area contributed by atoms with E-state index in [9.17, 15) is 13.2 Å². The second-order valence-corrected chi connectivity index (χ2v) is 7.72. The molecule has 0 saturated carbocycles. The van der Waals surface area contributed by atoms with E-state index >= 15 is 0 Å². The second kappa shape index (κ2) is 6.43. The molecule has 0 atom stereocenters. The van der Waals surface area contributed by atoms with Crippen molar-refractivity contribution in [3.63, 3.8) is 0 Å². The van der Waals surface area contributed by atoms with E-state index in [0.29, 0.717) is 26.1 Å². The molecule has 1 aliphatic rings. The minimum atomic E-state index is -3.67. The lowest BCUT2D eigenvalue weighted by Crippen LogP contribution is -2.49. The van der Waals surface area contributed by atoms with Gasteiger partial charge in [-0.2, -0.15) is 0 Å². The van der Waals surface area contributed by atoms with Gasteiger partial charge in [0, 0.05) is 24.2 Å². The van der Waals surface area contributed by atoms with Crippen molar-refractivity contribution in [2.75, 3.05) is 19.8 Å².